The molecule has 0 atom stereocenters. The van der Waals surface area contributed by atoms with E-state index in [4.69, 9.17) is 4.74 Å². The van der Waals surface area contributed by atoms with Gasteiger partial charge in [-0.3, -0.25) is 4.79 Å². The van der Waals surface area contributed by atoms with Crippen LogP contribution in [0.2, 0.25) is 0 Å². The number of nitrogens with zero attached hydrogens (tertiary/aromatic N) is 3. The van der Waals surface area contributed by atoms with Crippen LogP contribution in [0, 0.1) is 0 Å². The molecule has 1 aliphatic heterocycles. The molecule has 1 saturated carbocycles. The summed E-state index contributed by atoms with van der Waals surface area (Å²) in [6, 6.07) is 5.89. The van der Waals surface area contributed by atoms with Crippen LogP contribution >= 0.6 is 23.5 Å². The predicted molar refractivity (Wildman–Crippen MR) is 138 cm³/mol. The van der Waals surface area contributed by atoms with Crippen LogP contribution < -0.4 is 14.8 Å². The number of ether oxygens (including phenoxy) is 1. The number of phenols is 1. The van der Waals surface area contributed by atoms with Crippen LogP contribution in [0.25, 0.3) is 11.0 Å². The summed E-state index contributed by atoms with van der Waals surface area (Å²) in [7, 11) is -4.00. The van der Waals surface area contributed by atoms with Gasteiger partial charge in [-0.25, -0.2) is 18.1 Å². The van der Waals surface area contributed by atoms with E-state index in [1.54, 1.807) is 18.3 Å². The molecule has 3 N–H and O–H groups in total. The van der Waals surface area contributed by atoms with E-state index in [0.717, 1.165) is 36.1 Å². The van der Waals surface area contributed by atoms with Gasteiger partial charge in [-0.05, 0) is 74.3 Å². The van der Waals surface area contributed by atoms with Crippen molar-refractivity contribution in [2.75, 3.05) is 11.5 Å². The molecule has 10 nitrogen and oxygen atoms in total. The summed E-state index contributed by atoms with van der Waals surface area (Å²) in [4.78, 5) is 17.1. The van der Waals surface area contributed by atoms with Gasteiger partial charge in [0.1, 0.15) is 28.5 Å². The van der Waals surface area contributed by atoms with E-state index in [-0.39, 0.29) is 40.3 Å². The number of hydrogen-bond acceptors (Lipinski definition) is 10. The molecule has 36 heavy (non-hydrogen) atoms. The fourth-order valence-electron chi connectivity index (χ4n) is 4.59. The molecule has 0 radical (unpaired) electrons. The molecule has 1 aliphatic carbocycles. The summed E-state index contributed by atoms with van der Waals surface area (Å²) in [6.07, 6.45) is 5.90. The zero-order valence-corrected chi connectivity index (χ0v) is 21.9. The molecule has 13 heteroatoms. The molecule has 5 rings (SSSR count). The van der Waals surface area contributed by atoms with Crippen LogP contribution in [0.3, 0.4) is 0 Å². The van der Waals surface area contributed by atoms with Gasteiger partial charge in [0.25, 0.3) is 5.91 Å². The first kappa shape index (κ1) is 25.2. The number of phenolic OH excluding ortho intramolecular Hbond substituents is 1. The minimum Gasteiger partial charge on any atom is -0.506 e. The molecule has 1 saturated heterocycles. The van der Waals surface area contributed by atoms with Crippen molar-refractivity contribution in [3.05, 3.63) is 36.0 Å². The molecule has 1 aromatic carbocycles. The first-order valence-corrected chi connectivity index (χ1v) is 15.2. The standard InChI is InChI=1S/C23H27N5O5S3/c29-19-8-7-18-20(27-35-26-18)21(19)36(31,32)28-15-5-3-14(4-6-15)25-22(30)17-2-1-11-24-23(17)33-16-9-12-34-13-10-16/h1-2,7-8,11,14-16,28-29H,3-6,9-10,12-13H2,(H,25,30). The van der Waals surface area contributed by atoms with Gasteiger partial charge < -0.3 is 15.2 Å². The summed E-state index contributed by atoms with van der Waals surface area (Å²) in [6.45, 7) is 0. The molecule has 3 aromatic rings. The van der Waals surface area contributed by atoms with Crippen LogP contribution in [0.1, 0.15) is 48.9 Å². The van der Waals surface area contributed by atoms with Crippen LogP contribution in [0.5, 0.6) is 11.6 Å². The second-order valence-corrected chi connectivity index (χ2v) is 12.4. The number of amides is 1. The number of nitrogens with one attached hydrogen (secondary N) is 2. The Hall–Kier alpha value is -2.48. The van der Waals surface area contributed by atoms with Crippen molar-refractivity contribution in [1.82, 2.24) is 23.8 Å². The second-order valence-electron chi connectivity index (χ2n) is 8.97. The van der Waals surface area contributed by atoms with Crippen molar-refractivity contribution in [2.24, 2.45) is 0 Å². The number of sulfonamides is 1. The van der Waals surface area contributed by atoms with E-state index in [9.17, 15) is 18.3 Å². The third-order valence-corrected chi connectivity index (χ3v) is 9.65. The number of hydrogen-bond donors (Lipinski definition) is 3. The van der Waals surface area contributed by atoms with Gasteiger partial charge in [0.2, 0.25) is 15.9 Å². The molecule has 0 spiro atoms. The Labute approximate surface area is 217 Å². The number of carbonyl (C=O) groups excluding carboxylic acids is 1. The van der Waals surface area contributed by atoms with Gasteiger partial charge in [-0.1, -0.05) is 0 Å². The number of rotatable bonds is 7. The normalized spacial score (nSPS) is 21.3. The lowest BCUT2D eigenvalue weighted by Crippen LogP contribution is -2.44. The third-order valence-electron chi connectivity index (χ3n) is 6.48. The van der Waals surface area contributed by atoms with E-state index in [1.807, 2.05) is 11.8 Å². The molecule has 1 amide bonds. The van der Waals surface area contributed by atoms with Crippen LogP contribution in [0.4, 0.5) is 0 Å². The summed E-state index contributed by atoms with van der Waals surface area (Å²) < 4.78 is 43.0. The number of aromatic hydroxyl groups is 1. The fraction of sp³-hybridized carbons (Fsp3) is 0.478. The monoisotopic (exact) mass is 549 g/mol. The van der Waals surface area contributed by atoms with Crippen molar-refractivity contribution < 1.29 is 23.1 Å². The zero-order chi connectivity index (χ0) is 25.1. The second kappa shape index (κ2) is 10.9. The Bertz CT molecular complexity index is 1330. The molecular weight excluding hydrogens is 522 g/mol. The van der Waals surface area contributed by atoms with Gasteiger partial charge in [0.15, 0.2) is 4.90 Å². The lowest BCUT2D eigenvalue weighted by molar-refractivity contribution is 0.0915. The molecule has 0 unspecified atom stereocenters. The SMILES string of the molecule is O=C(NC1CCC(NS(=O)(=O)c2c(O)ccc3nsnc23)CC1)c1cccnc1OC1CCSCC1. The lowest BCUT2D eigenvalue weighted by Gasteiger charge is -2.30. The Balaban J connectivity index is 1.19. The van der Waals surface area contributed by atoms with E-state index >= 15 is 0 Å². The van der Waals surface area contributed by atoms with Crippen molar-refractivity contribution in [2.45, 2.75) is 61.6 Å². The molecular formula is C23H27N5O5S3. The zero-order valence-electron chi connectivity index (χ0n) is 19.4. The van der Waals surface area contributed by atoms with Gasteiger partial charge >= 0.3 is 0 Å². The molecule has 0 bridgehead atoms. The number of thioether (sulfide) groups is 1. The maximum absolute atomic E-state index is 13.1. The van der Waals surface area contributed by atoms with Gasteiger partial charge in [0.05, 0.1) is 11.7 Å². The number of fused-ring (bicyclic) bond motifs is 1. The Morgan fingerprint density at radius 1 is 1.03 bits per heavy atom. The Morgan fingerprint density at radius 2 is 1.78 bits per heavy atom. The van der Waals surface area contributed by atoms with Crippen LogP contribution in [-0.2, 0) is 10.0 Å². The smallest absolute Gasteiger partial charge is 0.256 e. The van der Waals surface area contributed by atoms with Crippen molar-refractivity contribution >= 4 is 50.5 Å². The highest BCUT2D eigenvalue weighted by Gasteiger charge is 2.31. The summed E-state index contributed by atoms with van der Waals surface area (Å²) in [5, 5.41) is 13.3. The van der Waals surface area contributed by atoms with Gasteiger partial charge in [-0.2, -0.15) is 20.5 Å². The Morgan fingerprint density at radius 3 is 2.56 bits per heavy atom. The fourth-order valence-corrected chi connectivity index (χ4v) is 7.79. The number of carbonyl (C=O) groups is 1. The van der Waals surface area contributed by atoms with Gasteiger partial charge in [0, 0.05) is 18.3 Å². The largest absolute Gasteiger partial charge is 0.506 e. The maximum Gasteiger partial charge on any atom is 0.256 e. The van der Waals surface area contributed by atoms with Crippen molar-refractivity contribution in [1.29, 1.82) is 0 Å². The quantitative estimate of drug-likeness (QED) is 0.405. The number of benzene rings is 1. The first-order chi connectivity index (χ1) is 17.4. The Kier molecular flexibility index (Phi) is 7.60. The lowest BCUT2D eigenvalue weighted by atomic mass is 9.91. The van der Waals surface area contributed by atoms with Crippen molar-refractivity contribution in [3.63, 3.8) is 0 Å². The molecule has 2 aliphatic rings. The molecule has 2 aromatic heterocycles. The minimum absolute atomic E-state index is 0.0708. The molecule has 2 fully saturated rings. The van der Waals surface area contributed by atoms with E-state index < -0.39 is 10.0 Å². The average molecular weight is 550 g/mol. The maximum atomic E-state index is 13.1. The predicted octanol–water partition coefficient (Wildman–Crippen LogP) is 3.09. The average Bonchev–Trinajstić information content (AvgIpc) is 3.34. The molecule has 3 heterocycles. The minimum atomic E-state index is -4.00. The van der Waals surface area contributed by atoms with Crippen LogP contribution in [-0.4, -0.2) is 62.9 Å². The van der Waals surface area contributed by atoms with Crippen LogP contribution in [0.15, 0.2) is 35.4 Å². The highest BCUT2D eigenvalue weighted by atomic mass is 32.2. The summed E-state index contributed by atoms with van der Waals surface area (Å²) >= 11 is 2.80. The topological polar surface area (TPSA) is 143 Å². The number of pyridine rings is 1. The molecule has 192 valence electrons. The van der Waals surface area contributed by atoms with E-state index in [0.29, 0.717) is 42.6 Å². The first-order valence-electron chi connectivity index (χ1n) is 11.9. The highest BCUT2D eigenvalue weighted by Crippen LogP contribution is 2.31. The van der Waals surface area contributed by atoms with E-state index in [1.165, 1.54) is 12.1 Å². The third kappa shape index (κ3) is 5.58. The van der Waals surface area contributed by atoms with Crippen molar-refractivity contribution in [3.8, 4) is 11.6 Å². The highest BCUT2D eigenvalue weighted by molar-refractivity contribution is 7.99. The number of aromatic nitrogens is 3. The van der Waals surface area contributed by atoms with E-state index in [2.05, 4.69) is 23.8 Å². The summed E-state index contributed by atoms with van der Waals surface area (Å²) in [5.41, 5.74) is 1.000. The summed E-state index contributed by atoms with van der Waals surface area (Å²) in [5.74, 6) is 1.85. The van der Waals surface area contributed by atoms with Gasteiger partial charge in [-0.15, -0.1) is 0 Å².